The Balaban J connectivity index is 1.46. The molecule has 0 aromatic heterocycles. The summed E-state index contributed by atoms with van der Waals surface area (Å²) in [7, 11) is 4.70. The summed E-state index contributed by atoms with van der Waals surface area (Å²) in [6, 6.07) is 24.5. The first-order valence-corrected chi connectivity index (χ1v) is 14.6. The number of nitrogens with zero attached hydrogens (tertiary/aromatic N) is 2. The molecule has 0 unspecified atom stereocenters. The number of carbonyl (C=O) groups excluding carboxylic acids is 1. The minimum atomic E-state index is -0.0503. The van der Waals surface area contributed by atoms with Gasteiger partial charge in [-0.25, -0.2) is 0 Å². The van der Waals surface area contributed by atoms with E-state index in [-0.39, 0.29) is 5.91 Å². The molecule has 0 bridgehead atoms. The van der Waals surface area contributed by atoms with Crippen LogP contribution in [0.15, 0.2) is 78.4 Å². The predicted octanol–water partition coefficient (Wildman–Crippen LogP) is 6.60. The summed E-state index contributed by atoms with van der Waals surface area (Å²) in [6.45, 7) is 6.51. The van der Waals surface area contributed by atoms with E-state index in [0.29, 0.717) is 41.8 Å². The Hall–Kier alpha value is -3.77. The van der Waals surface area contributed by atoms with Gasteiger partial charge < -0.3 is 24.0 Å². The molecule has 0 N–H and O–H groups in total. The first-order valence-electron chi connectivity index (χ1n) is 14.6. The normalized spacial score (nSPS) is 15.8. The highest BCUT2D eigenvalue weighted by Gasteiger charge is 2.23. The van der Waals surface area contributed by atoms with Crippen LogP contribution >= 0.6 is 0 Å². The van der Waals surface area contributed by atoms with Crippen LogP contribution < -0.4 is 14.2 Å². The molecule has 41 heavy (non-hydrogen) atoms. The van der Waals surface area contributed by atoms with Gasteiger partial charge in [0.25, 0.3) is 5.91 Å². The van der Waals surface area contributed by atoms with Gasteiger partial charge in [0.1, 0.15) is 0 Å². The number of rotatable bonds is 13. The lowest BCUT2D eigenvalue weighted by Gasteiger charge is -2.33. The summed E-state index contributed by atoms with van der Waals surface area (Å²) < 4.78 is 16.5. The lowest BCUT2D eigenvalue weighted by Crippen LogP contribution is -2.39. The summed E-state index contributed by atoms with van der Waals surface area (Å²) in [6.07, 6.45) is 6.69. The zero-order chi connectivity index (χ0) is 29.0. The van der Waals surface area contributed by atoms with Crippen molar-refractivity contribution in [2.24, 2.45) is 5.92 Å². The van der Waals surface area contributed by atoms with Crippen molar-refractivity contribution in [3.05, 3.63) is 95.1 Å². The van der Waals surface area contributed by atoms with E-state index in [1.807, 2.05) is 23.1 Å². The van der Waals surface area contributed by atoms with Gasteiger partial charge in [0.05, 0.1) is 21.3 Å². The molecule has 218 valence electrons. The van der Waals surface area contributed by atoms with Crippen molar-refractivity contribution in [3.63, 3.8) is 0 Å². The van der Waals surface area contributed by atoms with Gasteiger partial charge in [-0.2, -0.15) is 0 Å². The van der Waals surface area contributed by atoms with E-state index in [0.717, 1.165) is 43.6 Å². The molecule has 3 aromatic rings. The fraction of sp³-hybridized carbons (Fsp3) is 0.400. The van der Waals surface area contributed by atoms with Crippen molar-refractivity contribution < 1.29 is 19.0 Å². The van der Waals surface area contributed by atoms with Crippen LogP contribution in [-0.4, -0.2) is 69.8 Å². The third kappa shape index (κ3) is 8.61. The molecule has 1 saturated heterocycles. The second kappa shape index (κ2) is 15.3. The second-order valence-electron chi connectivity index (χ2n) is 10.9. The van der Waals surface area contributed by atoms with Crippen LogP contribution in [0.4, 0.5) is 0 Å². The van der Waals surface area contributed by atoms with Crippen LogP contribution in [0.3, 0.4) is 0 Å². The number of likely N-dealkylation sites (tertiary alicyclic amines) is 1. The summed E-state index contributed by atoms with van der Waals surface area (Å²) in [5, 5.41) is 0. The van der Waals surface area contributed by atoms with Gasteiger partial charge in [0.15, 0.2) is 11.5 Å². The number of ether oxygens (including phenoxy) is 3. The standard InChI is InChI=1S/C35H44N2O4/c1-27(21-28-13-7-5-8-14-28)25-37(35(38)31-23-32(39-2)34(41-4)33(24-31)40-3)20-12-19-36-18-11-17-30(26-36)22-29-15-9-6-10-16-29/h5-10,13-16,21,23-24,30H,11-12,17-20,22,25-26H2,1-4H3/t30-/m0/s1. The Labute approximate surface area is 245 Å². The number of piperidine rings is 1. The molecule has 0 saturated carbocycles. The minimum Gasteiger partial charge on any atom is -0.493 e. The molecule has 6 heteroatoms. The lowest BCUT2D eigenvalue weighted by molar-refractivity contribution is 0.0757. The number of carbonyl (C=O) groups is 1. The Kier molecular flexibility index (Phi) is 11.3. The van der Waals surface area contributed by atoms with E-state index >= 15 is 0 Å². The summed E-state index contributed by atoms with van der Waals surface area (Å²) in [5.41, 5.74) is 4.19. The molecule has 1 fully saturated rings. The Morgan fingerprint density at radius 3 is 2.24 bits per heavy atom. The van der Waals surface area contributed by atoms with Crippen molar-refractivity contribution in [2.45, 2.75) is 32.6 Å². The van der Waals surface area contributed by atoms with Gasteiger partial charge in [-0.05, 0) is 74.9 Å². The lowest BCUT2D eigenvalue weighted by atomic mass is 9.91. The van der Waals surface area contributed by atoms with Gasteiger partial charge in [-0.15, -0.1) is 0 Å². The van der Waals surface area contributed by atoms with Crippen LogP contribution in [0.5, 0.6) is 17.2 Å². The van der Waals surface area contributed by atoms with Crippen molar-refractivity contribution in [2.75, 3.05) is 54.1 Å². The largest absolute Gasteiger partial charge is 0.493 e. The highest BCUT2D eigenvalue weighted by Crippen LogP contribution is 2.38. The summed E-state index contributed by atoms with van der Waals surface area (Å²) >= 11 is 0. The molecule has 6 nitrogen and oxygen atoms in total. The molecule has 1 atom stereocenters. The molecule has 3 aromatic carbocycles. The van der Waals surface area contributed by atoms with E-state index < -0.39 is 0 Å². The third-order valence-corrected chi connectivity index (χ3v) is 7.72. The number of methoxy groups -OCH3 is 3. The molecule has 0 radical (unpaired) electrons. The first-order chi connectivity index (χ1) is 20.0. The Bertz CT molecular complexity index is 1250. The Morgan fingerprint density at radius 1 is 0.951 bits per heavy atom. The zero-order valence-electron chi connectivity index (χ0n) is 25.0. The van der Waals surface area contributed by atoms with Gasteiger partial charge >= 0.3 is 0 Å². The highest BCUT2D eigenvalue weighted by atomic mass is 16.5. The second-order valence-corrected chi connectivity index (χ2v) is 10.9. The quantitative estimate of drug-likeness (QED) is 0.237. The van der Waals surface area contributed by atoms with E-state index in [4.69, 9.17) is 14.2 Å². The average molecular weight is 557 g/mol. The molecule has 0 aliphatic carbocycles. The van der Waals surface area contributed by atoms with Gasteiger partial charge in [-0.1, -0.05) is 72.3 Å². The van der Waals surface area contributed by atoms with Crippen LogP contribution in [0.2, 0.25) is 0 Å². The van der Waals surface area contributed by atoms with Gasteiger partial charge in [-0.3, -0.25) is 4.79 Å². The molecule has 1 aliphatic rings. The topological polar surface area (TPSA) is 51.2 Å². The van der Waals surface area contributed by atoms with Crippen molar-refractivity contribution in [1.82, 2.24) is 9.80 Å². The predicted molar refractivity (Wildman–Crippen MR) is 166 cm³/mol. The molecular formula is C35H44N2O4. The van der Waals surface area contributed by atoms with Crippen LogP contribution in [0.1, 0.15) is 47.7 Å². The smallest absolute Gasteiger partial charge is 0.254 e. The van der Waals surface area contributed by atoms with Crippen LogP contribution in [0, 0.1) is 5.92 Å². The van der Waals surface area contributed by atoms with Crippen molar-refractivity contribution in [1.29, 1.82) is 0 Å². The van der Waals surface area contributed by atoms with Gasteiger partial charge in [0, 0.05) is 25.2 Å². The van der Waals surface area contributed by atoms with E-state index in [1.165, 1.54) is 18.4 Å². The number of amides is 1. The SMILES string of the molecule is COc1cc(C(=O)N(CCCN2CCC[C@@H](Cc3ccccc3)C2)CC(C)=Cc2ccccc2)cc(OC)c1OC. The molecule has 1 aliphatic heterocycles. The maximum Gasteiger partial charge on any atom is 0.254 e. The average Bonchev–Trinajstić information content (AvgIpc) is 3.00. The molecule has 1 heterocycles. The third-order valence-electron chi connectivity index (χ3n) is 7.72. The fourth-order valence-corrected chi connectivity index (χ4v) is 5.77. The van der Waals surface area contributed by atoms with Crippen molar-refractivity contribution >= 4 is 12.0 Å². The first kappa shape index (κ1) is 30.2. The Morgan fingerprint density at radius 2 is 1.61 bits per heavy atom. The van der Waals surface area contributed by atoms with E-state index in [2.05, 4.69) is 60.4 Å². The number of benzene rings is 3. The van der Waals surface area contributed by atoms with Crippen LogP contribution in [0.25, 0.3) is 6.08 Å². The fourth-order valence-electron chi connectivity index (χ4n) is 5.77. The van der Waals surface area contributed by atoms with E-state index in [1.54, 1.807) is 33.5 Å². The van der Waals surface area contributed by atoms with Gasteiger partial charge in [0.2, 0.25) is 5.75 Å². The maximum absolute atomic E-state index is 13.9. The number of hydrogen-bond acceptors (Lipinski definition) is 5. The minimum absolute atomic E-state index is 0.0503. The molecular weight excluding hydrogens is 512 g/mol. The molecule has 0 spiro atoms. The zero-order valence-corrected chi connectivity index (χ0v) is 25.0. The summed E-state index contributed by atoms with van der Waals surface area (Å²) in [4.78, 5) is 18.5. The summed E-state index contributed by atoms with van der Waals surface area (Å²) in [5.74, 6) is 2.06. The molecule has 1 amide bonds. The monoisotopic (exact) mass is 556 g/mol. The van der Waals surface area contributed by atoms with Crippen LogP contribution in [-0.2, 0) is 6.42 Å². The highest BCUT2D eigenvalue weighted by molar-refractivity contribution is 5.96. The van der Waals surface area contributed by atoms with Crippen molar-refractivity contribution in [3.8, 4) is 17.2 Å². The molecule has 4 rings (SSSR count). The maximum atomic E-state index is 13.9. The number of hydrogen-bond donors (Lipinski definition) is 0. The van der Waals surface area contributed by atoms with E-state index in [9.17, 15) is 4.79 Å².